The fourth-order valence-electron chi connectivity index (χ4n) is 2.72. The lowest BCUT2D eigenvalue weighted by molar-refractivity contribution is -0.143. The molecule has 8 heteroatoms. The Morgan fingerprint density at radius 1 is 1.27 bits per heavy atom. The Balaban J connectivity index is 2.01. The van der Waals surface area contributed by atoms with Gasteiger partial charge in [-0.25, -0.2) is 4.39 Å². The van der Waals surface area contributed by atoms with Crippen LogP contribution < -0.4 is 15.5 Å². The number of fused-ring (bicyclic) bond motifs is 1. The molecule has 7 nitrogen and oxygen atoms in total. The molecule has 1 saturated heterocycles. The minimum atomic E-state index is -1.82. The van der Waals surface area contributed by atoms with E-state index in [-0.39, 0.29) is 11.3 Å². The molecular formula is C14H14FN3O4. The van der Waals surface area contributed by atoms with E-state index in [2.05, 4.69) is 10.6 Å². The number of carbonyl (C=O) groups is 3. The van der Waals surface area contributed by atoms with Crippen LogP contribution in [0.5, 0.6) is 0 Å². The number of rotatable bonds is 2. The van der Waals surface area contributed by atoms with Crippen LogP contribution in [-0.2, 0) is 9.59 Å². The van der Waals surface area contributed by atoms with Crippen LogP contribution in [-0.4, -0.2) is 48.9 Å². The van der Waals surface area contributed by atoms with E-state index in [9.17, 15) is 18.8 Å². The summed E-state index contributed by atoms with van der Waals surface area (Å²) in [5.41, 5.74) is 0.341. The van der Waals surface area contributed by atoms with Crippen molar-refractivity contribution in [2.24, 2.45) is 5.92 Å². The number of benzene rings is 1. The molecule has 2 aliphatic rings. The Morgan fingerprint density at radius 3 is 2.59 bits per heavy atom. The maximum atomic E-state index is 14.3. The average molecular weight is 307 g/mol. The Labute approximate surface area is 125 Å². The second-order valence-electron chi connectivity index (χ2n) is 5.21. The molecule has 1 atom stereocenters. The normalized spacial score (nSPS) is 21.3. The summed E-state index contributed by atoms with van der Waals surface area (Å²) >= 11 is 0. The quantitative estimate of drug-likeness (QED) is 0.669. The number of carboxylic acids is 1. The molecule has 0 bridgehead atoms. The van der Waals surface area contributed by atoms with Gasteiger partial charge in [0.2, 0.25) is 5.91 Å². The Morgan fingerprint density at radius 2 is 1.95 bits per heavy atom. The van der Waals surface area contributed by atoms with Gasteiger partial charge in [-0.05, 0) is 12.1 Å². The molecule has 0 aromatic heterocycles. The molecule has 116 valence electrons. The molecule has 1 fully saturated rings. The van der Waals surface area contributed by atoms with E-state index in [1.165, 1.54) is 6.07 Å². The zero-order valence-corrected chi connectivity index (χ0v) is 11.6. The van der Waals surface area contributed by atoms with E-state index in [0.717, 1.165) is 6.07 Å². The number of Topliss-reactive ketones (excluding diaryl/α,β-unsaturated/α-hetero) is 1. The first-order valence-electron chi connectivity index (χ1n) is 6.86. The molecule has 3 N–H and O–H groups in total. The smallest absolute Gasteiger partial charge is 0.324 e. The molecule has 0 aliphatic carbocycles. The number of aliphatic carboxylic acids is 1. The van der Waals surface area contributed by atoms with Crippen LogP contribution >= 0.6 is 0 Å². The number of ketones is 1. The Kier molecular flexibility index (Phi) is 3.53. The number of nitrogens with zero attached hydrogens (tertiary/aromatic N) is 1. The number of carboxylic acid groups (broad SMARTS) is 1. The maximum absolute atomic E-state index is 14.3. The zero-order valence-electron chi connectivity index (χ0n) is 11.6. The van der Waals surface area contributed by atoms with E-state index in [4.69, 9.17) is 5.11 Å². The van der Waals surface area contributed by atoms with Crippen molar-refractivity contribution >= 4 is 29.0 Å². The number of halogens is 1. The Hall–Kier alpha value is -2.48. The van der Waals surface area contributed by atoms with Crippen molar-refractivity contribution < 1.29 is 23.9 Å². The van der Waals surface area contributed by atoms with Crippen LogP contribution in [0.2, 0.25) is 0 Å². The van der Waals surface area contributed by atoms with Gasteiger partial charge in [0.25, 0.3) is 0 Å². The van der Waals surface area contributed by atoms with Crippen molar-refractivity contribution in [1.29, 1.82) is 0 Å². The fourth-order valence-corrected chi connectivity index (χ4v) is 2.72. The highest BCUT2D eigenvalue weighted by Crippen LogP contribution is 2.32. The molecule has 1 aromatic carbocycles. The molecule has 0 saturated carbocycles. The largest absolute Gasteiger partial charge is 0.480 e. The summed E-state index contributed by atoms with van der Waals surface area (Å²) in [6.45, 7) is 2.64. The van der Waals surface area contributed by atoms with Gasteiger partial charge >= 0.3 is 5.97 Å². The summed E-state index contributed by atoms with van der Waals surface area (Å²) in [6.07, 6.45) is 0. The van der Waals surface area contributed by atoms with Gasteiger partial charge in [0, 0.05) is 31.7 Å². The van der Waals surface area contributed by atoms with Crippen LogP contribution in [0.3, 0.4) is 0 Å². The number of amides is 1. The second-order valence-corrected chi connectivity index (χ2v) is 5.21. The van der Waals surface area contributed by atoms with Gasteiger partial charge in [0.15, 0.2) is 11.7 Å². The third-order valence-corrected chi connectivity index (χ3v) is 3.84. The van der Waals surface area contributed by atoms with Crippen LogP contribution in [0.25, 0.3) is 0 Å². The summed E-state index contributed by atoms with van der Waals surface area (Å²) in [4.78, 5) is 36.6. The third kappa shape index (κ3) is 2.31. The van der Waals surface area contributed by atoms with Gasteiger partial charge in [0.05, 0.1) is 11.4 Å². The van der Waals surface area contributed by atoms with Crippen LogP contribution in [0.15, 0.2) is 12.1 Å². The van der Waals surface area contributed by atoms with Crippen molar-refractivity contribution in [3.05, 3.63) is 23.5 Å². The lowest BCUT2D eigenvalue weighted by Gasteiger charge is -2.31. The van der Waals surface area contributed by atoms with E-state index in [1.54, 1.807) is 0 Å². The van der Waals surface area contributed by atoms with Crippen molar-refractivity contribution in [1.82, 2.24) is 5.32 Å². The maximum Gasteiger partial charge on any atom is 0.324 e. The first-order chi connectivity index (χ1) is 10.5. The molecule has 0 spiro atoms. The van der Waals surface area contributed by atoms with Crippen LogP contribution in [0.1, 0.15) is 10.4 Å². The highest BCUT2D eigenvalue weighted by Gasteiger charge is 2.40. The third-order valence-electron chi connectivity index (χ3n) is 3.84. The predicted octanol–water partition coefficient (Wildman–Crippen LogP) is 0.0709. The second kappa shape index (κ2) is 5.38. The summed E-state index contributed by atoms with van der Waals surface area (Å²) in [5.74, 6) is -5.76. The number of piperazine rings is 1. The van der Waals surface area contributed by atoms with Crippen LogP contribution in [0, 0.1) is 11.7 Å². The number of nitrogens with one attached hydrogen (secondary N) is 2. The molecule has 22 heavy (non-hydrogen) atoms. The van der Waals surface area contributed by atoms with Gasteiger partial charge < -0.3 is 20.6 Å². The molecule has 2 heterocycles. The number of hydrogen-bond acceptors (Lipinski definition) is 5. The van der Waals surface area contributed by atoms with Gasteiger partial charge in [-0.3, -0.25) is 14.4 Å². The van der Waals surface area contributed by atoms with Gasteiger partial charge in [-0.1, -0.05) is 0 Å². The first-order valence-corrected chi connectivity index (χ1v) is 6.86. The highest BCUT2D eigenvalue weighted by atomic mass is 19.1. The number of hydrogen-bond donors (Lipinski definition) is 3. The molecule has 1 unspecified atom stereocenters. The van der Waals surface area contributed by atoms with Gasteiger partial charge in [0.1, 0.15) is 5.82 Å². The molecule has 1 aromatic rings. The summed E-state index contributed by atoms with van der Waals surface area (Å²) in [5, 5.41) is 14.5. The first kappa shape index (κ1) is 14.5. The molecular weight excluding hydrogens is 293 g/mol. The van der Waals surface area contributed by atoms with Crippen molar-refractivity contribution in [2.75, 3.05) is 36.4 Å². The lowest BCUT2D eigenvalue weighted by Crippen LogP contribution is -2.44. The summed E-state index contributed by atoms with van der Waals surface area (Å²) in [7, 11) is 0. The SMILES string of the molecule is O=C(O)C1C(=O)Nc2cc(N3CCNCC3)c(F)cc2C1=O. The molecule has 0 radical (unpaired) electrons. The summed E-state index contributed by atoms with van der Waals surface area (Å²) < 4.78 is 14.3. The summed E-state index contributed by atoms with van der Waals surface area (Å²) in [6, 6.07) is 2.40. The molecule has 3 rings (SSSR count). The van der Waals surface area contributed by atoms with E-state index < -0.39 is 29.4 Å². The van der Waals surface area contributed by atoms with E-state index >= 15 is 0 Å². The topological polar surface area (TPSA) is 98.7 Å². The van der Waals surface area contributed by atoms with E-state index in [0.29, 0.717) is 31.9 Å². The lowest BCUT2D eigenvalue weighted by atomic mass is 9.91. The predicted molar refractivity (Wildman–Crippen MR) is 75.6 cm³/mol. The number of carbonyl (C=O) groups excluding carboxylic acids is 2. The minimum absolute atomic E-state index is 0.108. The van der Waals surface area contributed by atoms with Crippen molar-refractivity contribution in [2.45, 2.75) is 0 Å². The number of anilines is 2. The van der Waals surface area contributed by atoms with Crippen molar-refractivity contribution in [3.63, 3.8) is 0 Å². The standard InChI is InChI=1S/C14H14FN3O4/c15-8-5-7-9(6-10(8)18-3-1-16-2-4-18)17-13(20)11(12(7)19)14(21)22/h5-6,11,16H,1-4H2,(H,17,20)(H,21,22). The monoisotopic (exact) mass is 307 g/mol. The van der Waals surface area contributed by atoms with Gasteiger partial charge in [-0.15, -0.1) is 0 Å². The minimum Gasteiger partial charge on any atom is -0.480 e. The average Bonchev–Trinajstić information content (AvgIpc) is 2.48. The molecule has 1 amide bonds. The Bertz CT molecular complexity index is 670. The highest BCUT2D eigenvalue weighted by molar-refractivity contribution is 6.29. The molecule has 2 aliphatic heterocycles. The van der Waals surface area contributed by atoms with Gasteiger partial charge in [-0.2, -0.15) is 0 Å². The zero-order chi connectivity index (χ0) is 15.9. The van der Waals surface area contributed by atoms with Crippen LogP contribution in [0.4, 0.5) is 15.8 Å². The van der Waals surface area contributed by atoms with Crippen molar-refractivity contribution in [3.8, 4) is 0 Å². The van der Waals surface area contributed by atoms with E-state index in [1.807, 2.05) is 4.90 Å². The fraction of sp³-hybridized carbons (Fsp3) is 0.357.